The van der Waals surface area contributed by atoms with Crippen molar-refractivity contribution in [3.05, 3.63) is 42.5 Å². The summed E-state index contributed by atoms with van der Waals surface area (Å²) in [6.07, 6.45) is 1.08. The Morgan fingerprint density at radius 1 is 1.10 bits per heavy atom. The lowest BCUT2D eigenvalue weighted by molar-refractivity contribution is -0.119. The molecule has 9 heteroatoms. The van der Waals surface area contributed by atoms with E-state index in [1.807, 2.05) is 0 Å². The van der Waals surface area contributed by atoms with Crippen LogP contribution in [0.15, 0.2) is 47.4 Å². The van der Waals surface area contributed by atoms with Crippen LogP contribution in [-0.4, -0.2) is 51.5 Å². The summed E-state index contributed by atoms with van der Waals surface area (Å²) in [5.74, 6) is 1.39. The van der Waals surface area contributed by atoms with Gasteiger partial charge in [0.05, 0.1) is 12.0 Å². The van der Waals surface area contributed by atoms with Crippen LogP contribution in [0.5, 0.6) is 17.2 Å². The number of fused-ring (bicyclic) bond motifs is 1. The first-order chi connectivity index (χ1) is 14.0. The lowest BCUT2D eigenvalue weighted by Gasteiger charge is -2.24. The molecule has 0 aliphatic carbocycles. The molecule has 2 aliphatic heterocycles. The van der Waals surface area contributed by atoms with E-state index in [1.165, 1.54) is 23.5 Å². The van der Waals surface area contributed by atoms with Crippen LogP contribution >= 0.6 is 0 Å². The van der Waals surface area contributed by atoms with Gasteiger partial charge in [-0.05, 0) is 49.2 Å². The van der Waals surface area contributed by atoms with Crippen molar-refractivity contribution < 1.29 is 27.4 Å². The average molecular weight is 418 g/mol. The van der Waals surface area contributed by atoms with Gasteiger partial charge in [0.25, 0.3) is 0 Å². The Labute approximate surface area is 169 Å². The second-order valence-corrected chi connectivity index (χ2v) is 8.69. The number of nitrogens with one attached hydrogen (secondary N) is 1. The maximum Gasteiger partial charge on any atom is 0.243 e. The number of anilines is 1. The molecule has 1 saturated heterocycles. The zero-order valence-corrected chi connectivity index (χ0v) is 16.8. The number of hydrogen-bond donors (Lipinski definition) is 1. The van der Waals surface area contributed by atoms with Gasteiger partial charge in [0.15, 0.2) is 11.5 Å². The van der Waals surface area contributed by atoms with Crippen molar-refractivity contribution in [3.8, 4) is 17.2 Å². The standard InChI is InChI=1S/C20H22N2O6S/c1-26-15-5-7-16(8-6-15)29(24,25)22-10-2-3-17(22)20(23)21-14-4-9-18-19(13-14)28-12-11-27-18/h4-9,13,17H,2-3,10-12H2,1H3,(H,21,23). The Hall–Kier alpha value is -2.78. The zero-order valence-electron chi connectivity index (χ0n) is 16.0. The molecule has 1 amide bonds. The van der Waals surface area contributed by atoms with Gasteiger partial charge in [0, 0.05) is 18.3 Å². The van der Waals surface area contributed by atoms with E-state index in [0.29, 0.717) is 55.5 Å². The van der Waals surface area contributed by atoms with Crippen LogP contribution < -0.4 is 19.5 Å². The molecule has 0 saturated carbocycles. The summed E-state index contributed by atoms with van der Waals surface area (Å²) in [7, 11) is -2.28. The molecule has 2 aromatic rings. The summed E-state index contributed by atoms with van der Waals surface area (Å²) >= 11 is 0. The second kappa shape index (κ2) is 7.92. The minimum absolute atomic E-state index is 0.136. The van der Waals surface area contributed by atoms with E-state index in [9.17, 15) is 13.2 Å². The fourth-order valence-electron chi connectivity index (χ4n) is 3.52. The highest BCUT2D eigenvalue weighted by Gasteiger charge is 2.39. The topological polar surface area (TPSA) is 94.2 Å². The van der Waals surface area contributed by atoms with Gasteiger partial charge in [-0.3, -0.25) is 4.79 Å². The minimum atomic E-state index is -3.79. The van der Waals surface area contributed by atoms with Gasteiger partial charge >= 0.3 is 0 Å². The Bertz CT molecular complexity index is 1010. The maximum absolute atomic E-state index is 13.1. The normalized spacial score (nSPS) is 19.0. The molecule has 8 nitrogen and oxygen atoms in total. The Morgan fingerprint density at radius 3 is 2.55 bits per heavy atom. The number of amides is 1. The van der Waals surface area contributed by atoms with Crippen molar-refractivity contribution in [2.75, 3.05) is 32.2 Å². The van der Waals surface area contributed by atoms with E-state index in [2.05, 4.69) is 5.32 Å². The first-order valence-electron chi connectivity index (χ1n) is 9.35. The molecule has 1 atom stereocenters. The Balaban J connectivity index is 1.52. The number of benzene rings is 2. The fraction of sp³-hybridized carbons (Fsp3) is 0.350. The molecule has 1 N–H and O–H groups in total. The first kappa shape index (κ1) is 19.5. The number of rotatable bonds is 5. The average Bonchev–Trinajstić information content (AvgIpc) is 3.25. The predicted octanol–water partition coefficient (Wildman–Crippen LogP) is 2.26. The highest BCUT2D eigenvalue weighted by atomic mass is 32.2. The SMILES string of the molecule is COc1ccc(S(=O)(=O)N2CCCC2C(=O)Nc2ccc3c(c2)OCCO3)cc1. The summed E-state index contributed by atoms with van der Waals surface area (Å²) in [5, 5.41) is 2.81. The number of ether oxygens (including phenoxy) is 3. The van der Waals surface area contributed by atoms with Crippen LogP contribution in [0.25, 0.3) is 0 Å². The third-order valence-electron chi connectivity index (χ3n) is 4.98. The van der Waals surface area contributed by atoms with Crippen molar-refractivity contribution >= 4 is 21.6 Å². The van der Waals surface area contributed by atoms with Crippen molar-refractivity contribution in [3.63, 3.8) is 0 Å². The van der Waals surface area contributed by atoms with E-state index in [0.717, 1.165) is 0 Å². The third kappa shape index (κ3) is 3.88. The summed E-state index contributed by atoms with van der Waals surface area (Å²) in [6.45, 7) is 1.23. The van der Waals surface area contributed by atoms with E-state index >= 15 is 0 Å². The van der Waals surface area contributed by atoms with Gasteiger partial charge < -0.3 is 19.5 Å². The molecule has 0 radical (unpaired) electrons. The monoisotopic (exact) mass is 418 g/mol. The molecule has 154 valence electrons. The van der Waals surface area contributed by atoms with Crippen molar-refractivity contribution in [2.24, 2.45) is 0 Å². The number of sulfonamides is 1. The van der Waals surface area contributed by atoms with Gasteiger partial charge in [0.2, 0.25) is 15.9 Å². The molecule has 0 aromatic heterocycles. The van der Waals surface area contributed by atoms with E-state index in [1.54, 1.807) is 30.3 Å². The molecule has 1 unspecified atom stereocenters. The molecule has 2 aromatic carbocycles. The zero-order chi connectivity index (χ0) is 20.4. The highest BCUT2D eigenvalue weighted by Crippen LogP contribution is 2.33. The second-order valence-electron chi connectivity index (χ2n) is 6.80. The summed E-state index contributed by atoms with van der Waals surface area (Å²) in [4.78, 5) is 13.0. The predicted molar refractivity (Wildman–Crippen MR) is 106 cm³/mol. The molecule has 2 aliphatic rings. The highest BCUT2D eigenvalue weighted by molar-refractivity contribution is 7.89. The molecule has 2 heterocycles. The van der Waals surface area contributed by atoms with E-state index in [4.69, 9.17) is 14.2 Å². The molecule has 4 rings (SSSR count). The van der Waals surface area contributed by atoms with Crippen LogP contribution in [0.1, 0.15) is 12.8 Å². The number of hydrogen-bond acceptors (Lipinski definition) is 6. The maximum atomic E-state index is 13.1. The third-order valence-corrected chi connectivity index (χ3v) is 6.90. The van der Waals surface area contributed by atoms with Crippen molar-refractivity contribution in [1.29, 1.82) is 0 Å². The van der Waals surface area contributed by atoms with E-state index in [-0.39, 0.29) is 10.8 Å². The fourth-order valence-corrected chi connectivity index (χ4v) is 5.18. The minimum Gasteiger partial charge on any atom is -0.497 e. The van der Waals surface area contributed by atoms with Gasteiger partial charge in [0.1, 0.15) is 25.0 Å². The lowest BCUT2D eigenvalue weighted by atomic mass is 10.2. The van der Waals surface area contributed by atoms with Gasteiger partial charge in [-0.1, -0.05) is 0 Å². The Morgan fingerprint density at radius 2 is 1.83 bits per heavy atom. The van der Waals surface area contributed by atoms with Crippen LogP contribution in [0, 0.1) is 0 Å². The number of carbonyl (C=O) groups is 1. The molecule has 0 spiro atoms. The first-order valence-corrected chi connectivity index (χ1v) is 10.8. The summed E-state index contributed by atoms with van der Waals surface area (Å²) in [5.41, 5.74) is 0.535. The number of nitrogens with zero attached hydrogens (tertiary/aromatic N) is 1. The van der Waals surface area contributed by atoms with Gasteiger partial charge in [-0.25, -0.2) is 8.42 Å². The molecular weight excluding hydrogens is 396 g/mol. The van der Waals surface area contributed by atoms with Crippen molar-refractivity contribution in [2.45, 2.75) is 23.8 Å². The quantitative estimate of drug-likeness (QED) is 0.801. The number of carbonyl (C=O) groups excluding carboxylic acids is 1. The van der Waals surface area contributed by atoms with E-state index < -0.39 is 16.1 Å². The van der Waals surface area contributed by atoms with Gasteiger partial charge in [-0.2, -0.15) is 4.31 Å². The molecule has 0 bridgehead atoms. The Kier molecular flexibility index (Phi) is 5.33. The van der Waals surface area contributed by atoms with Gasteiger partial charge in [-0.15, -0.1) is 0 Å². The lowest BCUT2D eigenvalue weighted by Crippen LogP contribution is -2.43. The van der Waals surface area contributed by atoms with Crippen LogP contribution in [0.2, 0.25) is 0 Å². The summed E-state index contributed by atoms with van der Waals surface area (Å²) in [6, 6.07) is 10.5. The van der Waals surface area contributed by atoms with Crippen LogP contribution in [0.4, 0.5) is 5.69 Å². The number of methoxy groups -OCH3 is 1. The van der Waals surface area contributed by atoms with Crippen LogP contribution in [-0.2, 0) is 14.8 Å². The molecule has 1 fully saturated rings. The smallest absolute Gasteiger partial charge is 0.243 e. The molecule has 29 heavy (non-hydrogen) atoms. The summed E-state index contributed by atoms with van der Waals surface area (Å²) < 4.78 is 43.5. The largest absolute Gasteiger partial charge is 0.497 e. The van der Waals surface area contributed by atoms with Crippen LogP contribution in [0.3, 0.4) is 0 Å². The molecular formula is C20H22N2O6S. The van der Waals surface area contributed by atoms with Crippen molar-refractivity contribution in [1.82, 2.24) is 4.31 Å².